The third kappa shape index (κ3) is 4.19. The lowest BCUT2D eigenvalue weighted by atomic mass is 10.2. The number of nitrogens with two attached hydrogens (primary N) is 1. The van der Waals surface area contributed by atoms with E-state index in [1.165, 1.54) is 12.1 Å². The normalized spacial score (nSPS) is 10.2. The predicted molar refractivity (Wildman–Crippen MR) is 83.8 cm³/mol. The molecule has 2 aromatic carbocycles. The lowest BCUT2D eigenvalue weighted by molar-refractivity contribution is -0.118. The lowest BCUT2D eigenvalue weighted by Crippen LogP contribution is -2.21. The van der Waals surface area contributed by atoms with Crippen LogP contribution in [0.25, 0.3) is 0 Å². The molecule has 4 nitrogen and oxygen atoms in total. The van der Waals surface area contributed by atoms with Gasteiger partial charge in [-0.25, -0.2) is 4.39 Å². The molecule has 3 N–H and O–H groups in total. The van der Waals surface area contributed by atoms with Gasteiger partial charge in [0.1, 0.15) is 0 Å². The van der Waals surface area contributed by atoms with Gasteiger partial charge in [0.2, 0.25) is 0 Å². The number of hydrogen-bond donors (Lipinski definition) is 2. The van der Waals surface area contributed by atoms with Crippen LogP contribution in [0, 0.1) is 12.7 Å². The van der Waals surface area contributed by atoms with E-state index >= 15 is 0 Å². The Balaban J connectivity index is 1.96. The fourth-order valence-corrected chi connectivity index (χ4v) is 2.08. The molecule has 2 aromatic rings. The van der Waals surface area contributed by atoms with Crippen molar-refractivity contribution in [2.75, 3.05) is 17.7 Å². The van der Waals surface area contributed by atoms with Crippen molar-refractivity contribution in [3.05, 3.63) is 52.3 Å². The summed E-state index contributed by atoms with van der Waals surface area (Å²) in [6, 6.07) is 9.53. The third-order valence-electron chi connectivity index (χ3n) is 2.78. The highest BCUT2D eigenvalue weighted by molar-refractivity contribution is 9.10. The van der Waals surface area contributed by atoms with Gasteiger partial charge in [-0.3, -0.25) is 4.79 Å². The first-order valence-electron chi connectivity index (χ1n) is 6.19. The molecule has 21 heavy (non-hydrogen) atoms. The fraction of sp³-hybridized carbons (Fsp3) is 0.133. The largest absolute Gasteiger partial charge is 0.481 e. The van der Waals surface area contributed by atoms with E-state index in [1.54, 1.807) is 24.3 Å². The number of amides is 1. The average Bonchev–Trinajstić information content (AvgIpc) is 2.41. The maximum absolute atomic E-state index is 13.5. The zero-order chi connectivity index (χ0) is 15.4. The molecule has 0 bridgehead atoms. The summed E-state index contributed by atoms with van der Waals surface area (Å²) in [7, 11) is 0. The van der Waals surface area contributed by atoms with Crippen LogP contribution in [0.5, 0.6) is 5.75 Å². The molecule has 0 unspecified atom stereocenters. The molecule has 0 heterocycles. The van der Waals surface area contributed by atoms with E-state index in [0.29, 0.717) is 15.8 Å². The van der Waals surface area contributed by atoms with Crippen LogP contribution in [0.1, 0.15) is 5.56 Å². The van der Waals surface area contributed by atoms with Crippen LogP contribution in [0.15, 0.2) is 40.9 Å². The number of nitrogen functional groups attached to an aromatic ring is 1. The van der Waals surface area contributed by atoms with E-state index in [0.717, 1.165) is 5.56 Å². The second-order valence-corrected chi connectivity index (χ2v) is 5.40. The number of benzene rings is 2. The molecule has 110 valence electrons. The Hall–Kier alpha value is -2.08. The number of hydrogen-bond acceptors (Lipinski definition) is 3. The van der Waals surface area contributed by atoms with Crippen molar-refractivity contribution in [3.8, 4) is 5.75 Å². The molecule has 0 aliphatic carbocycles. The molecule has 0 aromatic heterocycles. The average molecular weight is 353 g/mol. The maximum Gasteiger partial charge on any atom is 0.262 e. The molecule has 0 aliphatic heterocycles. The van der Waals surface area contributed by atoms with Crippen molar-refractivity contribution in [2.45, 2.75) is 6.92 Å². The molecule has 1 amide bonds. The highest BCUT2D eigenvalue weighted by atomic mass is 79.9. The summed E-state index contributed by atoms with van der Waals surface area (Å²) in [5.41, 5.74) is 7.76. The molecule has 0 saturated heterocycles. The topological polar surface area (TPSA) is 64.3 Å². The van der Waals surface area contributed by atoms with Crippen LogP contribution in [0.3, 0.4) is 0 Å². The van der Waals surface area contributed by atoms with Gasteiger partial charge in [-0.15, -0.1) is 0 Å². The highest BCUT2D eigenvalue weighted by Gasteiger charge is 2.09. The van der Waals surface area contributed by atoms with Crippen molar-refractivity contribution in [1.82, 2.24) is 0 Å². The Morgan fingerprint density at radius 2 is 2.10 bits per heavy atom. The van der Waals surface area contributed by atoms with Crippen LogP contribution in [-0.4, -0.2) is 12.5 Å². The first-order valence-corrected chi connectivity index (χ1v) is 6.99. The monoisotopic (exact) mass is 352 g/mol. The lowest BCUT2D eigenvalue weighted by Gasteiger charge is -2.10. The molecular formula is C15H14BrFN2O2. The van der Waals surface area contributed by atoms with Gasteiger partial charge >= 0.3 is 0 Å². The van der Waals surface area contributed by atoms with E-state index in [2.05, 4.69) is 21.2 Å². The smallest absolute Gasteiger partial charge is 0.262 e. The highest BCUT2D eigenvalue weighted by Crippen LogP contribution is 2.21. The summed E-state index contributed by atoms with van der Waals surface area (Å²) in [5.74, 6) is -0.867. The van der Waals surface area contributed by atoms with Gasteiger partial charge in [0.25, 0.3) is 5.91 Å². The summed E-state index contributed by atoms with van der Waals surface area (Å²) in [5, 5.41) is 2.69. The summed E-state index contributed by atoms with van der Waals surface area (Å²) in [4.78, 5) is 11.8. The van der Waals surface area contributed by atoms with E-state index in [4.69, 9.17) is 10.5 Å². The molecule has 0 atom stereocenters. The van der Waals surface area contributed by atoms with Gasteiger partial charge in [0.15, 0.2) is 18.2 Å². The third-order valence-corrected chi connectivity index (χ3v) is 3.27. The number of rotatable bonds is 4. The van der Waals surface area contributed by atoms with E-state index in [9.17, 15) is 9.18 Å². The molecule has 0 spiro atoms. The first kappa shape index (κ1) is 15.3. The van der Waals surface area contributed by atoms with E-state index in [1.807, 2.05) is 6.92 Å². The summed E-state index contributed by atoms with van der Waals surface area (Å²) in [6.07, 6.45) is 0. The van der Waals surface area contributed by atoms with Gasteiger partial charge in [0.05, 0.1) is 0 Å². The zero-order valence-electron chi connectivity index (χ0n) is 11.3. The number of anilines is 2. The van der Waals surface area contributed by atoms with Crippen LogP contribution in [0.2, 0.25) is 0 Å². The van der Waals surface area contributed by atoms with Crippen LogP contribution in [-0.2, 0) is 4.79 Å². The number of aryl methyl sites for hydroxylation is 1. The first-order chi connectivity index (χ1) is 9.95. The number of carbonyl (C=O) groups excluding carboxylic acids is 1. The van der Waals surface area contributed by atoms with Crippen molar-refractivity contribution in [1.29, 1.82) is 0 Å². The van der Waals surface area contributed by atoms with Gasteiger partial charge in [-0.1, -0.05) is 15.9 Å². The minimum Gasteiger partial charge on any atom is -0.481 e. The van der Waals surface area contributed by atoms with Crippen LogP contribution in [0.4, 0.5) is 15.8 Å². The number of carbonyl (C=O) groups is 1. The quantitative estimate of drug-likeness (QED) is 0.827. The van der Waals surface area contributed by atoms with Crippen molar-refractivity contribution in [3.63, 3.8) is 0 Å². The summed E-state index contributed by atoms with van der Waals surface area (Å²) in [6.45, 7) is 1.56. The minimum atomic E-state index is -0.527. The Morgan fingerprint density at radius 3 is 2.76 bits per heavy atom. The summed E-state index contributed by atoms with van der Waals surface area (Å²) >= 11 is 3.15. The molecule has 0 saturated carbocycles. The zero-order valence-corrected chi connectivity index (χ0v) is 12.9. The molecule has 0 fully saturated rings. The second kappa shape index (κ2) is 6.58. The molecule has 2 rings (SSSR count). The fourth-order valence-electron chi connectivity index (χ4n) is 1.75. The predicted octanol–water partition coefficient (Wildman–Crippen LogP) is 3.50. The standard InChI is InChI=1S/C15H14BrFN2O2/c1-9-6-11(18)3-4-13(9)19-15(20)8-21-14-5-2-10(16)7-12(14)17/h2-7H,8,18H2,1H3,(H,19,20). The van der Waals surface area contributed by atoms with Gasteiger partial charge in [0, 0.05) is 15.8 Å². The van der Waals surface area contributed by atoms with Gasteiger partial charge in [-0.2, -0.15) is 0 Å². The Morgan fingerprint density at radius 1 is 1.33 bits per heavy atom. The van der Waals surface area contributed by atoms with E-state index in [-0.39, 0.29) is 18.3 Å². The second-order valence-electron chi connectivity index (χ2n) is 4.49. The summed E-state index contributed by atoms with van der Waals surface area (Å²) < 4.78 is 19.3. The van der Waals surface area contributed by atoms with Crippen LogP contribution >= 0.6 is 15.9 Å². The molecule has 0 aliphatic rings. The maximum atomic E-state index is 13.5. The molecule has 0 radical (unpaired) electrons. The minimum absolute atomic E-state index is 0.0300. The SMILES string of the molecule is Cc1cc(N)ccc1NC(=O)COc1ccc(Br)cc1F. The molecular weight excluding hydrogens is 339 g/mol. The van der Waals surface area contributed by atoms with Crippen molar-refractivity contribution < 1.29 is 13.9 Å². The Labute approximate surface area is 130 Å². The van der Waals surface area contributed by atoms with E-state index < -0.39 is 5.82 Å². The molecule has 6 heteroatoms. The number of halogens is 2. The van der Waals surface area contributed by atoms with Crippen molar-refractivity contribution >= 4 is 33.2 Å². The Kier molecular flexibility index (Phi) is 4.80. The number of ether oxygens (including phenoxy) is 1. The Bertz CT molecular complexity index is 677. The van der Waals surface area contributed by atoms with Gasteiger partial charge in [-0.05, 0) is 48.9 Å². The van der Waals surface area contributed by atoms with Crippen LogP contribution < -0.4 is 15.8 Å². The van der Waals surface area contributed by atoms with Gasteiger partial charge < -0.3 is 15.8 Å². The number of nitrogens with one attached hydrogen (secondary N) is 1. The van der Waals surface area contributed by atoms with Crippen molar-refractivity contribution in [2.24, 2.45) is 0 Å².